The summed E-state index contributed by atoms with van der Waals surface area (Å²) in [6.07, 6.45) is 1.20. The third-order valence-corrected chi connectivity index (χ3v) is 2.37. The average molecular weight is 275 g/mol. The minimum Gasteiger partial charge on any atom is -0.477 e. The van der Waals surface area contributed by atoms with Crippen LogP contribution < -0.4 is 4.74 Å². The first kappa shape index (κ1) is 13.4. The summed E-state index contributed by atoms with van der Waals surface area (Å²) in [7, 11) is 0. The molecule has 1 N–H and O–H groups in total. The van der Waals surface area contributed by atoms with Gasteiger partial charge in [0, 0.05) is 12.3 Å². The zero-order valence-electron chi connectivity index (χ0n) is 10.3. The van der Waals surface area contributed by atoms with Crippen molar-refractivity contribution in [1.29, 1.82) is 0 Å². The highest BCUT2D eigenvalue weighted by Crippen LogP contribution is 2.30. The van der Waals surface area contributed by atoms with Gasteiger partial charge < -0.3 is 9.84 Å². The molecule has 0 radical (unpaired) electrons. The highest BCUT2D eigenvalue weighted by molar-refractivity contribution is 5.85. The molecule has 0 amide bonds. The normalized spacial score (nSPS) is 10.1. The predicted octanol–water partition coefficient (Wildman–Crippen LogP) is 2.18. The summed E-state index contributed by atoms with van der Waals surface area (Å²) in [5.74, 6) is -1.28. The van der Waals surface area contributed by atoms with E-state index in [9.17, 15) is 14.9 Å². The lowest BCUT2D eigenvalue weighted by molar-refractivity contribution is -0.385. The topological polar surface area (TPSA) is 115 Å². The molecule has 0 fully saturated rings. The fourth-order valence-corrected chi connectivity index (χ4v) is 1.46. The molecular weight excluding hydrogens is 266 g/mol. The summed E-state index contributed by atoms with van der Waals surface area (Å²) in [5.41, 5.74) is 0.241. The Morgan fingerprint density at radius 3 is 2.80 bits per heavy atom. The average Bonchev–Trinajstić information content (AvgIpc) is 2.38. The van der Waals surface area contributed by atoms with E-state index in [4.69, 9.17) is 9.84 Å². The predicted molar refractivity (Wildman–Crippen MR) is 66.9 cm³/mol. The molecule has 2 rings (SSSR count). The second kappa shape index (κ2) is 5.31. The first-order valence-corrected chi connectivity index (χ1v) is 5.46. The van der Waals surface area contributed by atoms with Crippen molar-refractivity contribution in [2.24, 2.45) is 0 Å². The number of carbonyl (C=O) groups is 1. The number of aromatic carboxylic acids is 1. The number of aromatic nitrogens is 2. The molecule has 0 bridgehead atoms. The van der Waals surface area contributed by atoms with Crippen LogP contribution in [0.2, 0.25) is 0 Å². The number of nitrogens with zero attached hydrogens (tertiary/aromatic N) is 3. The minimum absolute atomic E-state index is 0.0439. The van der Waals surface area contributed by atoms with E-state index < -0.39 is 10.9 Å². The fourth-order valence-electron chi connectivity index (χ4n) is 1.46. The molecule has 0 saturated carbocycles. The molecule has 0 saturated heterocycles. The molecule has 102 valence electrons. The van der Waals surface area contributed by atoms with Crippen molar-refractivity contribution < 1.29 is 19.6 Å². The van der Waals surface area contributed by atoms with Crippen LogP contribution >= 0.6 is 0 Å². The second-order valence-electron chi connectivity index (χ2n) is 3.86. The molecule has 0 aliphatic heterocycles. The number of carboxylic acids is 1. The molecule has 8 nitrogen and oxygen atoms in total. The maximum atomic E-state index is 10.9. The maximum absolute atomic E-state index is 10.9. The number of carboxylic acid groups (broad SMARTS) is 1. The van der Waals surface area contributed by atoms with Crippen molar-refractivity contribution >= 4 is 11.7 Å². The van der Waals surface area contributed by atoms with Crippen molar-refractivity contribution in [3.8, 4) is 11.8 Å². The fraction of sp³-hybridized carbons (Fsp3) is 0.0833. The van der Waals surface area contributed by atoms with Gasteiger partial charge in [-0.05, 0) is 24.6 Å². The number of hydrogen-bond acceptors (Lipinski definition) is 6. The van der Waals surface area contributed by atoms with E-state index >= 15 is 0 Å². The third-order valence-electron chi connectivity index (χ3n) is 2.37. The minimum atomic E-state index is -1.24. The van der Waals surface area contributed by atoms with Crippen molar-refractivity contribution in [1.82, 2.24) is 9.97 Å². The lowest BCUT2D eigenvalue weighted by atomic mass is 10.2. The molecule has 0 atom stereocenters. The van der Waals surface area contributed by atoms with Crippen molar-refractivity contribution in [3.63, 3.8) is 0 Å². The first-order valence-electron chi connectivity index (χ1n) is 5.46. The highest BCUT2D eigenvalue weighted by atomic mass is 16.6. The number of nitro groups is 1. The van der Waals surface area contributed by atoms with Crippen molar-refractivity contribution in [2.75, 3.05) is 0 Å². The number of rotatable bonds is 4. The van der Waals surface area contributed by atoms with E-state index in [1.165, 1.54) is 24.4 Å². The van der Waals surface area contributed by atoms with Gasteiger partial charge in [-0.1, -0.05) is 6.07 Å². The Hall–Kier alpha value is -3.03. The molecule has 0 aliphatic carbocycles. The standard InChI is InChI=1S/C12H9N3O5/c1-7-2-3-9(15(18)19)10(6-7)20-12-13-5-4-8(14-12)11(16)17/h2-6H,1H3,(H,16,17). The van der Waals surface area contributed by atoms with E-state index in [1.807, 2.05) is 0 Å². The Labute approximate surface area is 112 Å². The maximum Gasteiger partial charge on any atom is 0.354 e. The summed E-state index contributed by atoms with van der Waals surface area (Å²) in [4.78, 5) is 28.4. The molecule has 1 aromatic heterocycles. The molecule has 1 aromatic carbocycles. The van der Waals surface area contributed by atoms with Gasteiger partial charge in [-0.25, -0.2) is 9.78 Å². The van der Waals surface area contributed by atoms with E-state index in [0.717, 1.165) is 5.56 Å². The van der Waals surface area contributed by atoms with Gasteiger partial charge in [0.05, 0.1) is 4.92 Å². The molecule has 0 spiro atoms. The third kappa shape index (κ3) is 2.86. The van der Waals surface area contributed by atoms with Gasteiger partial charge in [0.2, 0.25) is 5.75 Å². The zero-order chi connectivity index (χ0) is 14.7. The number of hydrogen-bond donors (Lipinski definition) is 1. The first-order chi connectivity index (χ1) is 9.47. The summed E-state index contributed by atoms with van der Waals surface area (Å²) in [6.45, 7) is 1.74. The van der Waals surface area contributed by atoms with Crippen LogP contribution in [0.25, 0.3) is 0 Å². The summed E-state index contributed by atoms with van der Waals surface area (Å²) >= 11 is 0. The van der Waals surface area contributed by atoms with Gasteiger partial charge in [0.25, 0.3) is 0 Å². The quantitative estimate of drug-likeness (QED) is 0.671. The van der Waals surface area contributed by atoms with Gasteiger partial charge in [0.1, 0.15) is 0 Å². The Morgan fingerprint density at radius 2 is 2.15 bits per heavy atom. The van der Waals surface area contributed by atoms with Crippen LogP contribution in [0.4, 0.5) is 5.69 Å². The monoisotopic (exact) mass is 275 g/mol. The van der Waals surface area contributed by atoms with Crippen molar-refractivity contribution in [2.45, 2.75) is 6.92 Å². The highest BCUT2D eigenvalue weighted by Gasteiger charge is 2.17. The van der Waals surface area contributed by atoms with Gasteiger partial charge >= 0.3 is 17.7 Å². The van der Waals surface area contributed by atoms with Gasteiger partial charge in [-0.3, -0.25) is 10.1 Å². The Morgan fingerprint density at radius 1 is 1.40 bits per heavy atom. The Kier molecular flexibility index (Phi) is 3.56. The second-order valence-corrected chi connectivity index (χ2v) is 3.86. The number of benzene rings is 1. The zero-order valence-corrected chi connectivity index (χ0v) is 10.3. The number of ether oxygens (including phenoxy) is 1. The lowest BCUT2D eigenvalue weighted by Crippen LogP contribution is -2.03. The molecule has 0 unspecified atom stereocenters. The smallest absolute Gasteiger partial charge is 0.354 e. The SMILES string of the molecule is Cc1ccc([N+](=O)[O-])c(Oc2nccc(C(=O)O)n2)c1. The molecule has 8 heteroatoms. The van der Waals surface area contributed by atoms with Crippen LogP contribution in [0.5, 0.6) is 11.8 Å². The summed E-state index contributed by atoms with van der Waals surface area (Å²) in [6, 6.07) is 5.25. The van der Waals surface area contributed by atoms with Gasteiger partial charge in [0.15, 0.2) is 5.69 Å². The van der Waals surface area contributed by atoms with E-state index in [-0.39, 0.29) is 23.1 Å². The summed E-state index contributed by atoms with van der Waals surface area (Å²) in [5, 5.41) is 19.7. The van der Waals surface area contributed by atoms with Crippen LogP contribution in [0.15, 0.2) is 30.5 Å². The summed E-state index contributed by atoms with van der Waals surface area (Å²) < 4.78 is 5.22. The number of nitro benzene ring substituents is 1. The lowest BCUT2D eigenvalue weighted by Gasteiger charge is -2.05. The van der Waals surface area contributed by atoms with Crippen LogP contribution in [-0.4, -0.2) is 26.0 Å². The molecule has 1 heterocycles. The van der Waals surface area contributed by atoms with Gasteiger partial charge in [-0.15, -0.1) is 0 Å². The molecule has 0 aliphatic rings. The molecule has 20 heavy (non-hydrogen) atoms. The largest absolute Gasteiger partial charge is 0.477 e. The van der Waals surface area contributed by atoms with Crippen molar-refractivity contribution in [3.05, 3.63) is 51.8 Å². The van der Waals surface area contributed by atoms with E-state index in [1.54, 1.807) is 13.0 Å². The Balaban J connectivity index is 2.39. The number of aryl methyl sites for hydroxylation is 1. The van der Waals surface area contributed by atoms with Gasteiger partial charge in [-0.2, -0.15) is 4.98 Å². The molecular formula is C12H9N3O5. The van der Waals surface area contributed by atoms with E-state index in [2.05, 4.69) is 9.97 Å². The van der Waals surface area contributed by atoms with Crippen LogP contribution in [-0.2, 0) is 0 Å². The van der Waals surface area contributed by atoms with Crippen LogP contribution in [0.1, 0.15) is 16.1 Å². The molecule has 2 aromatic rings. The Bertz CT molecular complexity index is 687. The van der Waals surface area contributed by atoms with Crippen LogP contribution in [0, 0.1) is 17.0 Å². The van der Waals surface area contributed by atoms with Crippen LogP contribution in [0.3, 0.4) is 0 Å². The van der Waals surface area contributed by atoms with E-state index in [0.29, 0.717) is 0 Å².